The van der Waals surface area contributed by atoms with E-state index in [0.29, 0.717) is 17.3 Å². The van der Waals surface area contributed by atoms with Gasteiger partial charge in [0.2, 0.25) is 0 Å². The summed E-state index contributed by atoms with van der Waals surface area (Å²) < 4.78 is 0. The molecule has 1 atom stereocenters. The lowest BCUT2D eigenvalue weighted by Crippen LogP contribution is -2.37. The van der Waals surface area contributed by atoms with Crippen LogP contribution in [0.4, 0.5) is 0 Å². The van der Waals surface area contributed by atoms with E-state index in [4.69, 9.17) is 0 Å². The number of hydrogen-bond acceptors (Lipinski definition) is 1. The molecule has 0 amide bonds. The van der Waals surface area contributed by atoms with Crippen molar-refractivity contribution in [1.29, 1.82) is 5.26 Å². The Morgan fingerprint density at radius 2 is 1.35 bits per heavy atom. The highest BCUT2D eigenvalue weighted by Crippen LogP contribution is 2.47. The summed E-state index contributed by atoms with van der Waals surface area (Å²) >= 11 is 0. The number of nitrogens with zero attached hydrogens (tertiary/aromatic N) is 1. The zero-order valence-electron chi connectivity index (χ0n) is 13.3. The van der Waals surface area contributed by atoms with Gasteiger partial charge in [0.05, 0.1) is 11.5 Å². The zero-order chi connectivity index (χ0) is 14.1. The lowest BCUT2D eigenvalue weighted by molar-refractivity contribution is 0.0607. The predicted molar refractivity (Wildman–Crippen MR) is 75.6 cm³/mol. The highest BCUT2D eigenvalue weighted by atomic mass is 14.5. The van der Waals surface area contributed by atoms with Crippen LogP contribution in [0.2, 0.25) is 0 Å². The summed E-state index contributed by atoms with van der Waals surface area (Å²) in [7, 11) is 0. The molecule has 0 aliphatic heterocycles. The molecule has 0 N–H and O–H groups in total. The molecule has 0 aromatic heterocycles. The Labute approximate surface area is 109 Å². The van der Waals surface area contributed by atoms with Gasteiger partial charge in [-0.1, -0.05) is 48.5 Å². The topological polar surface area (TPSA) is 23.8 Å². The highest BCUT2D eigenvalue weighted by molar-refractivity contribution is 5.02. The molecule has 1 heteroatoms. The second-order valence-corrected chi connectivity index (χ2v) is 7.70. The van der Waals surface area contributed by atoms with Crippen molar-refractivity contribution >= 4 is 0 Å². The molecule has 0 bridgehead atoms. The van der Waals surface area contributed by atoms with Crippen molar-refractivity contribution in [3.8, 4) is 6.07 Å². The third-order valence-corrected chi connectivity index (χ3v) is 5.55. The van der Waals surface area contributed by atoms with Crippen LogP contribution >= 0.6 is 0 Å². The Bertz CT molecular complexity index is 289. The third-order valence-electron chi connectivity index (χ3n) is 5.55. The Balaban J connectivity index is 4.93. The summed E-state index contributed by atoms with van der Waals surface area (Å²) in [6.07, 6.45) is 1.10. The van der Waals surface area contributed by atoms with E-state index in [9.17, 15) is 5.26 Å². The monoisotopic (exact) mass is 237 g/mol. The first-order valence-corrected chi connectivity index (χ1v) is 6.79. The lowest BCUT2D eigenvalue weighted by Gasteiger charge is -2.44. The molecule has 0 spiro atoms. The van der Waals surface area contributed by atoms with E-state index in [1.165, 1.54) is 0 Å². The van der Waals surface area contributed by atoms with Crippen molar-refractivity contribution < 1.29 is 0 Å². The maximum atomic E-state index is 9.30. The van der Waals surface area contributed by atoms with Crippen LogP contribution in [0.5, 0.6) is 0 Å². The van der Waals surface area contributed by atoms with E-state index < -0.39 is 0 Å². The van der Waals surface area contributed by atoms with Crippen molar-refractivity contribution in [1.82, 2.24) is 0 Å². The summed E-state index contributed by atoms with van der Waals surface area (Å²) in [6, 6.07) is 2.47. The van der Waals surface area contributed by atoms with E-state index in [1.807, 2.05) is 0 Å². The molecule has 0 aromatic rings. The molecule has 0 fully saturated rings. The van der Waals surface area contributed by atoms with Gasteiger partial charge in [-0.25, -0.2) is 0 Å². The van der Waals surface area contributed by atoms with E-state index >= 15 is 0 Å². The number of nitriles is 1. The molecule has 0 rings (SSSR count). The van der Waals surface area contributed by atoms with E-state index in [2.05, 4.69) is 68.4 Å². The zero-order valence-corrected chi connectivity index (χ0v) is 13.3. The third kappa shape index (κ3) is 3.47. The Hall–Kier alpha value is -0.510. The largest absolute Gasteiger partial charge is 0.198 e. The first-order chi connectivity index (χ1) is 7.38. The molecule has 0 aliphatic carbocycles. The molecular formula is C16H31N. The second kappa shape index (κ2) is 5.01. The maximum absolute atomic E-state index is 9.30. The fraction of sp³-hybridized carbons (Fsp3) is 0.938. The fourth-order valence-electron chi connectivity index (χ4n) is 2.00. The van der Waals surface area contributed by atoms with Gasteiger partial charge in [-0.2, -0.15) is 5.26 Å². The van der Waals surface area contributed by atoms with Crippen LogP contribution in [0.25, 0.3) is 0 Å². The normalized spacial score (nSPS) is 15.8. The van der Waals surface area contributed by atoms with Gasteiger partial charge in [-0.3, -0.25) is 0 Å². The molecule has 0 radical (unpaired) electrons. The molecule has 100 valence electrons. The molecular weight excluding hydrogens is 206 g/mol. The Kier molecular flexibility index (Phi) is 4.86. The van der Waals surface area contributed by atoms with E-state index in [0.717, 1.165) is 6.42 Å². The number of hydrogen-bond donors (Lipinski definition) is 0. The number of rotatable bonds is 5. The molecule has 0 saturated heterocycles. The van der Waals surface area contributed by atoms with Crippen molar-refractivity contribution in [2.75, 3.05) is 0 Å². The SMILES string of the molecule is CC(C)C(C)(C)C(C)CC(C)(C)C(C)(C)C#N. The average molecular weight is 237 g/mol. The quantitative estimate of drug-likeness (QED) is 0.639. The maximum Gasteiger partial charge on any atom is 0.0689 e. The minimum atomic E-state index is -0.270. The highest BCUT2D eigenvalue weighted by Gasteiger charge is 2.41. The van der Waals surface area contributed by atoms with Gasteiger partial charge >= 0.3 is 0 Å². The summed E-state index contributed by atoms with van der Waals surface area (Å²) in [5.74, 6) is 1.28. The van der Waals surface area contributed by atoms with Gasteiger partial charge in [0.1, 0.15) is 0 Å². The minimum Gasteiger partial charge on any atom is -0.198 e. The van der Waals surface area contributed by atoms with E-state index in [-0.39, 0.29) is 10.8 Å². The van der Waals surface area contributed by atoms with Gasteiger partial charge in [-0.05, 0) is 42.9 Å². The minimum absolute atomic E-state index is 0.0489. The molecule has 1 unspecified atom stereocenters. The van der Waals surface area contributed by atoms with Crippen LogP contribution in [0.3, 0.4) is 0 Å². The Morgan fingerprint density at radius 3 is 1.65 bits per heavy atom. The summed E-state index contributed by atoms with van der Waals surface area (Å²) in [5.41, 5.74) is 0.102. The van der Waals surface area contributed by atoms with Crippen molar-refractivity contribution in [2.45, 2.75) is 68.7 Å². The van der Waals surface area contributed by atoms with Crippen LogP contribution < -0.4 is 0 Å². The van der Waals surface area contributed by atoms with Crippen LogP contribution in [0.15, 0.2) is 0 Å². The second-order valence-electron chi connectivity index (χ2n) is 7.70. The molecule has 0 saturated carbocycles. The summed E-state index contributed by atoms with van der Waals surface area (Å²) in [5, 5.41) is 9.30. The molecule has 1 nitrogen and oxygen atoms in total. The predicted octanol–water partition coefficient (Wildman–Crippen LogP) is 5.27. The van der Waals surface area contributed by atoms with Gasteiger partial charge in [0.15, 0.2) is 0 Å². The standard InChI is InChI=1S/C16H31N/c1-12(2)16(8,9)13(3)10-14(4,5)15(6,7)11-17/h12-13H,10H2,1-9H3. The van der Waals surface area contributed by atoms with Gasteiger partial charge < -0.3 is 0 Å². The van der Waals surface area contributed by atoms with Gasteiger partial charge in [0.25, 0.3) is 0 Å². The van der Waals surface area contributed by atoms with Crippen molar-refractivity contribution in [3.63, 3.8) is 0 Å². The molecule has 17 heavy (non-hydrogen) atoms. The summed E-state index contributed by atoms with van der Waals surface area (Å²) in [4.78, 5) is 0. The van der Waals surface area contributed by atoms with Crippen molar-refractivity contribution in [2.24, 2.45) is 28.1 Å². The fourth-order valence-corrected chi connectivity index (χ4v) is 2.00. The van der Waals surface area contributed by atoms with Gasteiger partial charge in [-0.15, -0.1) is 0 Å². The van der Waals surface area contributed by atoms with Crippen molar-refractivity contribution in [3.05, 3.63) is 0 Å². The smallest absolute Gasteiger partial charge is 0.0689 e. The summed E-state index contributed by atoms with van der Waals surface area (Å²) in [6.45, 7) is 20.2. The first-order valence-electron chi connectivity index (χ1n) is 6.79. The Morgan fingerprint density at radius 1 is 0.941 bits per heavy atom. The molecule has 0 heterocycles. The van der Waals surface area contributed by atoms with E-state index in [1.54, 1.807) is 0 Å². The lowest BCUT2D eigenvalue weighted by atomic mass is 9.60. The first kappa shape index (κ1) is 16.5. The van der Waals surface area contributed by atoms with Crippen LogP contribution in [0.1, 0.15) is 68.7 Å². The van der Waals surface area contributed by atoms with Crippen LogP contribution in [-0.4, -0.2) is 0 Å². The van der Waals surface area contributed by atoms with Gasteiger partial charge in [0, 0.05) is 0 Å². The molecule has 0 aliphatic rings. The molecule has 0 aromatic carbocycles. The van der Waals surface area contributed by atoms with Crippen LogP contribution in [-0.2, 0) is 0 Å². The van der Waals surface area contributed by atoms with Crippen LogP contribution in [0, 0.1) is 39.4 Å². The average Bonchev–Trinajstić information content (AvgIpc) is 2.16.